The Labute approximate surface area is 96.6 Å². The Kier molecular flexibility index (Phi) is 3.30. The molecule has 1 atom stereocenters. The van der Waals surface area contributed by atoms with Crippen molar-refractivity contribution in [2.45, 2.75) is 32.8 Å². The fraction of sp³-hybridized carbons (Fsp3) is 0.429. The number of aryl methyl sites for hydroxylation is 2. The first kappa shape index (κ1) is 11.2. The van der Waals surface area contributed by atoms with Gasteiger partial charge in [-0.15, -0.1) is 0 Å². The van der Waals surface area contributed by atoms with Crippen LogP contribution in [0.1, 0.15) is 35.6 Å². The Morgan fingerprint density at radius 3 is 2.69 bits per heavy atom. The molecule has 0 aromatic heterocycles. The van der Waals surface area contributed by atoms with Gasteiger partial charge in [-0.3, -0.25) is 0 Å². The third-order valence-electron chi connectivity index (χ3n) is 3.16. The number of hydrogen-bond acceptors (Lipinski definition) is 2. The van der Waals surface area contributed by atoms with Crippen LogP contribution < -0.4 is 0 Å². The first-order valence-corrected chi connectivity index (χ1v) is 5.74. The quantitative estimate of drug-likeness (QED) is 0.826. The van der Waals surface area contributed by atoms with E-state index in [2.05, 4.69) is 26.0 Å². The van der Waals surface area contributed by atoms with E-state index in [0.29, 0.717) is 0 Å². The van der Waals surface area contributed by atoms with Gasteiger partial charge in [-0.05, 0) is 49.0 Å². The first-order chi connectivity index (χ1) is 7.68. The lowest BCUT2D eigenvalue weighted by molar-refractivity contribution is 0.170. The van der Waals surface area contributed by atoms with E-state index in [9.17, 15) is 5.11 Å². The summed E-state index contributed by atoms with van der Waals surface area (Å²) in [6.07, 6.45) is 3.12. The Morgan fingerprint density at radius 2 is 2.06 bits per heavy atom. The predicted molar refractivity (Wildman–Crippen MR) is 64.1 cm³/mol. The van der Waals surface area contributed by atoms with Crippen molar-refractivity contribution in [1.29, 1.82) is 0 Å². The molecule has 0 saturated carbocycles. The number of ether oxygens (including phenoxy) is 1. The SMILES string of the molecule is Cc1ccc(C(O)C2=COCCC2)cc1C. The minimum atomic E-state index is -0.514. The van der Waals surface area contributed by atoms with Gasteiger partial charge < -0.3 is 9.84 Å². The minimum absolute atomic E-state index is 0.514. The molecule has 0 amide bonds. The number of rotatable bonds is 2. The molecule has 2 nitrogen and oxygen atoms in total. The van der Waals surface area contributed by atoms with Crippen LogP contribution in [0.3, 0.4) is 0 Å². The van der Waals surface area contributed by atoms with E-state index >= 15 is 0 Å². The molecule has 86 valence electrons. The second-order valence-electron chi connectivity index (χ2n) is 4.41. The third kappa shape index (κ3) is 2.27. The van der Waals surface area contributed by atoms with Gasteiger partial charge in [0.2, 0.25) is 0 Å². The number of aliphatic hydroxyl groups is 1. The van der Waals surface area contributed by atoms with Crippen molar-refractivity contribution in [2.24, 2.45) is 0 Å². The fourth-order valence-corrected chi connectivity index (χ4v) is 1.93. The van der Waals surface area contributed by atoms with Crippen molar-refractivity contribution < 1.29 is 9.84 Å². The summed E-state index contributed by atoms with van der Waals surface area (Å²) in [5.41, 5.74) is 4.41. The molecule has 1 heterocycles. The topological polar surface area (TPSA) is 29.5 Å². The van der Waals surface area contributed by atoms with E-state index in [1.165, 1.54) is 11.1 Å². The fourth-order valence-electron chi connectivity index (χ4n) is 1.93. The molecule has 2 heteroatoms. The lowest BCUT2D eigenvalue weighted by Gasteiger charge is -2.19. The van der Waals surface area contributed by atoms with Crippen LogP contribution in [-0.2, 0) is 4.74 Å². The van der Waals surface area contributed by atoms with Gasteiger partial charge in [0.1, 0.15) is 6.10 Å². The summed E-state index contributed by atoms with van der Waals surface area (Å²) in [7, 11) is 0. The summed E-state index contributed by atoms with van der Waals surface area (Å²) in [5.74, 6) is 0. The Morgan fingerprint density at radius 1 is 1.25 bits per heavy atom. The largest absolute Gasteiger partial charge is 0.501 e. The molecule has 1 aromatic carbocycles. The van der Waals surface area contributed by atoms with Crippen molar-refractivity contribution in [3.05, 3.63) is 46.7 Å². The standard InChI is InChI=1S/C14H18O2/c1-10-5-6-12(8-11(10)2)14(15)13-4-3-7-16-9-13/h5-6,8-9,14-15H,3-4,7H2,1-2H3. The van der Waals surface area contributed by atoms with Crippen LogP contribution in [-0.4, -0.2) is 11.7 Å². The molecule has 1 aliphatic heterocycles. The summed E-state index contributed by atoms with van der Waals surface area (Å²) in [6.45, 7) is 4.91. The second-order valence-corrected chi connectivity index (χ2v) is 4.41. The van der Waals surface area contributed by atoms with Crippen LogP contribution in [0.2, 0.25) is 0 Å². The van der Waals surface area contributed by atoms with Gasteiger partial charge in [-0.1, -0.05) is 18.2 Å². The zero-order valence-corrected chi connectivity index (χ0v) is 9.86. The Balaban J connectivity index is 2.22. The highest BCUT2D eigenvalue weighted by molar-refractivity contribution is 5.34. The third-order valence-corrected chi connectivity index (χ3v) is 3.16. The van der Waals surface area contributed by atoms with Gasteiger partial charge in [-0.25, -0.2) is 0 Å². The molecule has 1 aromatic rings. The summed E-state index contributed by atoms with van der Waals surface area (Å²) < 4.78 is 5.26. The van der Waals surface area contributed by atoms with Crippen LogP contribution in [0.5, 0.6) is 0 Å². The van der Waals surface area contributed by atoms with Gasteiger partial charge in [0.15, 0.2) is 0 Å². The highest BCUT2D eigenvalue weighted by Crippen LogP contribution is 2.28. The molecule has 1 N–H and O–H groups in total. The van der Waals surface area contributed by atoms with Gasteiger partial charge in [0, 0.05) is 0 Å². The molecule has 0 spiro atoms. The molecule has 0 fully saturated rings. The number of aliphatic hydroxyl groups excluding tert-OH is 1. The van der Waals surface area contributed by atoms with E-state index in [-0.39, 0.29) is 0 Å². The number of hydrogen-bond donors (Lipinski definition) is 1. The Bertz CT molecular complexity index is 407. The zero-order valence-electron chi connectivity index (χ0n) is 9.86. The summed E-state index contributed by atoms with van der Waals surface area (Å²) in [6, 6.07) is 6.09. The Hall–Kier alpha value is -1.28. The van der Waals surface area contributed by atoms with Crippen molar-refractivity contribution in [3.8, 4) is 0 Å². The monoisotopic (exact) mass is 218 g/mol. The van der Waals surface area contributed by atoms with E-state index < -0.39 is 6.10 Å². The van der Waals surface area contributed by atoms with Crippen LogP contribution >= 0.6 is 0 Å². The normalized spacial score (nSPS) is 17.6. The molecule has 1 unspecified atom stereocenters. The molecule has 16 heavy (non-hydrogen) atoms. The zero-order chi connectivity index (χ0) is 11.5. The lowest BCUT2D eigenvalue weighted by atomic mass is 9.95. The first-order valence-electron chi connectivity index (χ1n) is 5.74. The summed E-state index contributed by atoms with van der Waals surface area (Å²) in [4.78, 5) is 0. The molecule has 1 aliphatic rings. The molecule has 0 bridgehead atoms. The molecule has 2 rings (SSSR count). The number of benzene rings is 1. The van der Waals surface area contributed by atoms with Gasteiger partial charge in [-0.2, -0.15) is 0 Å². The van der Waals surface area contributed by atoms with E-state index in [0.717, 1.165) is 30.6 Å². The molecular weight excluding hydrogens is 200 g/mol. The van der Waals surface area contributed by atoms with E-state index in [1.807, 2.05) is 6.07 Å². The van der Waals surface area contributed by atoms with E-state index in [4.69, 9.17) is 4.74 Å². The second kappa shape index (κ2) is 4.71. The maximum atomic E-state index is 10.2. The molecule has 0 saturated heterocycles. The van der Waals surface area contributed by atoms with Crippen molar-refractivity contribution >= 4 is 0 Å². The summed E-state index contributed by atoms with van der Waals surface area (Å²) >= 11 is 0. The highest BCUT2D eigenvalue weighted by atomic mass is 16.5. The highest BCUT2D eigenvalue weighted by Gasteiger charge is 2.16. The lowest BCUT2D eigenvalue weighted by Crippen LogP contribution is -2.08. The van der Waals surface area contributed by atoms with Crippen LogP contribution in [0.4, 0.5) is 0 Å². The maximum absolute atomic E-state index is 10.2. The average molecular weight is 218 g/mol. The smallest absolute Gasteiger partial charge is 0.103 e. The van der Waals surface area contributed by atoms with Gasteiger partial charge >= 0.3 is 0 Å². The predicted octanol–water partition coefficient (Wildman–Crippen LogP) is 3.03. The van der Waals surface area contributed by atoms with E-state index in [1.54, 1.807) is 6.26 Å². The minimum Gasteiger partial charge on any atom is -0.501 e. The van der Waals surface area contributed by atoms with Crippen LogP contribution in [0.15, 0.2) is 30.0 Å². The average Bonchev–Trinajstić information content (AvgIpc) is 2.33. The van der Waals surface area contributed by atoms with Crippen molar-refractivity contribution in [1.82, 2.24) is 0 Å². The molecule has 0 radical (unpaired) electrons. The van der Waals surface area contributed by atoms with Crippen molar-refractivity contribution in [2.75, 3.05) is 6.61 Å². The molecular formula is C14H18O2. The van der Waals surface area contributed by atoms with Gasteiger partial charge in [0.05, 0.1) is 12.9 Å². The summed E-state index contributed by atoms with van der Waals surface area (Å²) in [5, 5.41) is 10.2. The maximum Gasteiger partial charge on any atom is 0.103 e. The molecule has 0 aliphatic carbocycles. The van der Waals surface area contributed by atoms with Crippen molar-refractivity contribution in [3.63, 3.8) is 0 Å². The van der Waals surface area contributed by atoms with Crippen LogP contribution in [0.25, 0.3) is 0 Å². The van der Waals surface area contributed by atoms with Crippen LogP contribution in [0, 0.1) is 13.8 Å². The van der Waals surface area contributed by atoms with Gasteiger partial charge in [0.25, 0.3) is 0 Å².